The molecule has 3 fully saturated rings. The van der Waals surface area contributed by atoms with Gasteiger partial charge in [0.2, 0.25) is 0 Å². The fourth-order valence-corrected chi connectivity index (χ4v) is 4.31. The molecule has 0 unspecified atom stereocenters. The molecular weight excluding hydrogens is 333 g/mol. The highest BCUT2D eigenvalue weighted by molar-refractivity contribution is 6.32. The third kappa shape index (κ3) is 2.71. The predicted molar refractivity (Wildman–Crippen MR) is 91.6 cm³/mol. The molecule has 4 rings (SSSR count). The molecule has 3 aliphatic heterocycles. The topological polar surface area (TPSA) is 57.1 Å². The van der Waals surface area contributed by atoms with E-state index in [0.717, 1.165) is 25.9 Å². The van der Waals surface area contributed by atoms with Crippen LogP contribution in [0.2, 0.25) is 5.02 Å². The number of rotatable bonds is 3. The number of oxime groups is 1. The summed E-state index contributed by atoms with van der Waals surface area (Å²) in [5.74, 6) is -0.108. The minimum Gasteiger partial charge on any atom is -0.492 e. The monoisotopic (exact) mass is 355 g/mol. The van der Waals surface area contributed by atoms with E-state index >= 15 is 0 Å². The maximum absolute atomic E-state index is 14.7. The van der Waals surface area contributed by atoms with Crippen molar-refractivity contribution in [3.8, 4) is 5.75 Å². The summed E-state index contributed by atoms with van der Waals surface area (Å²) in [4.78, 5) is 2.43. The molecule has 0 radical (unpaired) electrons. The summed E-state index contributed by atoms with van der Waals surface area (Å²) in [7, 11) is 1.35. The molecule has 2 bridgehead atoms. The number of hydrogen-bond donors (Lipinski definition) is 2. The van der Waals surface area contributed by atoms with Crippen LogP contribution in [0.4, 0.5) is 4.39 Å². The fourth-order valence-electron chi connectivity index (χ4n) is 4.09. The van der Waals surface area contributed by atoms with Gasteiger partial charge in [0, 0.05) is 11.6 Å². The van der Waals surface area contributed by atoms with Gasteiger partial charge in [-0.1, -0.05) is 16.8 Å². The van der Waals surface area contributed by atoms with Crippen LogP contribution >= 0.6 is 11.6 Å². The molecule has 0 saturated carbocycles. The van der Waals surface area contributed by atoms with Crippen molar-refractivity contribution in [2.75, 3.05) is 20.2 Å². The van der Waals surface area contributed by atoms with E-state index in [1.54, 1.807) is 0 Å². The van der Waals surface area contributed by atoms with Crippen molar-refractivity contribution in [3.05, 3.63) is 28.5 Å². The Morgan fingerprint density at radius 1 is 1.42 bits per heavy atom. The Bertz CT molecular complexity index is 657. The Morgan fingerprint density at radius 2 is 2.08 bits per heavy atom. The molecule has 0 aliphatic carbocycles. The van der Waals surface area contributed by atoms with Crippen molar-refractivity contribution in [1.29, 1.82) is 0 Å². The second-order valence-electron chi connectivity index (χ2n) is 6.99. The molecule has 2 N–H and O–H groups in total. The first kappa shape index (κ1) is 17.3. The van der Waals surface area contributed by atoms with Crippen LogP contribution in [0.3, 0.4) is 0 Å². The number of hydrogen-bond acceptors (Lipinski definition) is 4. The van der Waals surface area contributed by atoms with Crippen LogP contribution < -0.4 is 10.1 Å². The van der Waals surface area contributed by atoms with Crippen molar-refractivity contribution >= 4 is 17.4 Å². The summed E-state index contributed by atoms with van der Waals surface area (Å²) < 4.78 is 19.7. The van der Waals surface area contributed by atoms with Crippen LogP contribution in [0, 0.1) is 11.7 Å². The lowest BCUT2D eigenvalue weighted by molar-refractivity contribution is -0.0339. The lowest BCUT2D eigenvalue weighted by Gasteiger charge is -2.56. The zero-order valence-corrected chi connectivity index (χ0v) is 14.9. The zero-order valence-electron chi connectivity index (χ0n) is 14.1. The number of nitrogens with one attached hydrogen (secondary N) is 1. The van der Waals surface area contributed by atoms with E-state index in [1.807, 2.05) is 0 Å². The van der Waals surface area contributed by atoms with Crippen LogP contribution in [-0.2, 0) is 0 Å². The second kappa shape index (κ2) is 6.41. The molecule has 1 aromatic carbocycles. The molecule has 0 aromatic heterocycles. The van der Waals surface area contributed by atoms with Gasteiger partial charge in [-0.05, 0) is 57.8 Å². The summed E-state index contributed by atoms with van der Waals surface area (Å²) in [6.07, 6.45) is 2.18. The number of nitrogens with zero attached hydrogens (tertiary/aromatic N) is 2. The van der Waals surface area contributed by atoms with Crippen molar-refractivity contribution in [1.82, 2.24) is 10.2 Å². The average Bonchev–Trinajstić information content (AvgIpc) is 2.56. The number of halogens is 2. The van der Waals surface area contributed by atoms with Crippen LogP contribution in [-0.4, -0.2) is 47.7 Å². The quantitative estimate of drug-likeness (QED) is 0.378. The Kier molecular flexibility index (Phi) is 4.62. The normalized spacial score (nSPS) is 28.7. The largest absolute Gasteiger partial charge is 0.492 e. The third-order valence-electron chi connectivity index (χ3n) is 5.49. The first-order valence-electron chi connectivity index (χ1n) is 8.16. The van der Waals surface area contributed by atoms with Gasteiger partial charge < -0.3 is 15.3 Å². The second-order valence-corrected chi connectivity index (χ2v) is 7.40. The molecular formula is C17H23ClFN3O2. The Labute approximate surface area is 146 Å². The molecule has 1 atom stereocenters. The molecule has 132 valence electrons. The van der Waals surface area contributed by atoms with Gasteiger partial charge in [0.05, 0.1) is 17.7 Å². The van der Waals surface area contributed by atoms with E-state index in [1.165, 1.54) is 19.2 Å². The highest BCUT2D eigenvalue weighted by Gasteiger charge is 2.48. The summed E-state index contributed by atoms with van der Waals surface area (Å²) in [5, 5.41) is 16.2. The van der Waals surface area contributed by atoms with Gasteiger partial charge in [0.1, 0.15) is 0 Å². The first-order chi connectivity index (χ1) is 11.4. The smallest absolute Gasteiger partial charge is 0.177 e. The van der Waals surface area contributed by atoms with Crippen LogP contribution in [0.5, 0.6) is 5.75 Å². The molecule has 3 aliphatic rings. The number of ether oxygens (including phenoxy) is 1. The average molecular weight is 356 g/mol. The summed E-state index contributed by atoms with van der Waals surface area (Å²) in [6.45, 7) is 6.49. The summed E-state index contributed by atoms with van der Waals surface area (Å²) in [6, 6.07) is 3.11. The van der Waals surface area contributed by atoms with E-state index < -0.39 is 5.82 Å². The maximum Gasteiger partial charge on any atom is 0.177 e. The van der Waals surface area contributed by atoms with E-state index in [2.05, 4.69) is 29.2 Å². The molecule has 1 aromatic rings. The number of benzene rings is 1. The van der Waals surface area contributed by atoms with Crippen LogP contribution in [0.1, 0.15) is 32.3 Å². The molecule has 24 heavy (non-hydrogen) atoms. The van der Waals surface area contributed by atoms with Crippen molar-refractivity contribution in [2.24, 2.45) is 11.1 Å². The fraction of sp³-hybridized carbons (Fsp3) is 0.588. The Balaban J connectivity index is 1.91. The van der Waals surface area contributed by atoms with Gasteiger partial charge in [0.15, 0.2) is 17.4 Å². The SMILES string of the molecule is COc1c(Cl)ccc(/C(=N\O)N[C@@H]2C3CCN(CC3)C2(C)C)c1F. The molecule has 0 amide bonds. The van der Waals surface area contributed by atoms with Crippen molar-refractivity contribution < 1.29 is 14.3 Å². The highest BCUT2D eigenvalue weighted by atomic mass is 35.5. The van der Waals surface area contributed by atoms with E-state index in [4.69, 9.17) is 16.3 Å². The number of amidine groups is 1. The molecule has 3 heterocycles. The highest BCUT2D eigenvalue weighted by Crippen LogP contribution is 2.39. The van der Waals surface area contributed by atoms with Gasteiger partial charge in [-0.3, -0.25) is 4.90 Å². The maximum atomic E-state index is 14.7. The molecule has 0 spiro atoms. The standard InChI is InChI=1S/C17H23ClFN3O2/c1-17(2)15(10-6-8-22(17)9-7-10)20-16(21-23)11-4-5-12(18)14(24-3)13(11)19/h4-5,10,15,23H,6-9H2,1-3H3,(H,20,21)/t15-/m1/s1. The summed E-state index contributed by atoms with van der Waals surface area (Å²) in [5.41, 5.74) is 0.0513. The van der Waals surface area contributed by atoms with Crippen LogP contribution in [0.25, 0.3) is 0 Å². The summed E-state index contributed by atoms with van der Waals surface area (Å²) >= 11 is 5.94. The van der Waals surface area contributed by atoms with E-state index in [-0.39, 0.29) is 33.8 Å². The van der Waals surface area contributed by atoms with E-state index in [0.29, 0.717) is 5.92 Å². The Hall–Kier alpha value is -1.53. The van der Waals surface area contributed by atoms with Crippen molar-refractivity contribution in [2.45, 2.75) is 38.3 Å². The number of piperidine rings is 3. The van der Waals surface area contributed by atoms with Crippen LogP contribution in [0.15, 0.2) is 17.3 Å². The van der Waals surface area contributed by atoms with Gasteiger partial charge in [-0.25, -0.2) is 4.39 Å². The van der Waals surface area contributed by atoms with Gasteiger partial charge in [0.25, 0.3) is 0 Å². The lowest BCUT2D eigenvalue weighted by Crippen LogP contribution is -2.69. The zero-order chi connectivity index (χ0) is 17.5. The first-order valence-corrected chi connectivity index (χ1v) is 8.54. The lowest BCUT2D eigenvalue weighted by atomic mass is 9.72. The minimum atomic E-state index is -0.635. The molecule has 7 heteroatoms. The number of methoxy groups -OCH3 is 1. The van der Waals surface area contributed by atoms with E-state index in [9.17, 15) is 9.60 Å². The number of fused-ring (bicyclic) bond motifs is 3. The van der Waals surface area contributed by atoms with Gasteiger partial charge in [-0.2, -0.15) is 0 Å². The van der Waals surface area contributed by atoms with Gasteiger partial charge in [-0.15, -0.1) is 0 Å². The third-order valence-corrected chi connectivity index (χ3v) is 5.79. The van der Waals surface area contributed by atoms with Gasteiger partial charge >= 0.3 is 0 Å². The Morgan fingerprint density at radius 3 is 2.62 bits per heavy atom. The predicted octanol–water partition coefficient (Wildman–Crippen LogP) is 3.09. The van der Waals surface area contributed by atoms with Crippen molar-refractivity contribution in [3.63, 3.8) is 0 Å². The minimum absolute atomic E-state index is 0.0507. The molecule has 5 nitrogen and oxygen atoms in total. The molecule has 3 saturated heterocycles.